The molecule has 1 aliphatic rings. The summed E-state index contributed by atoms with van der Waals surface area (Å²) in [6.45, 7) is 1.30. The fraction of sp³-hybridized carbons (Fsp3) is 0.458. The van der Waals surface area contributed by atoms with Crippen LogP contribution in [-0.4, -0.2) is 45.2 Å². The van der Waals surface area contributed by atoms with Crippen LogP contribution >= 0.6 is 0 Å². The predicted octanol–water partition coefficient (Wildman–Crippen LogP) is 5.29. The number of hydrogen-bond acceptors (Lipinski definition) is 5. The molecule has 0 aromatic heterocycles. The number of likely N-dealkylation sites (tertiary alicyclic amines) is 1. The van der Waals surface area contributed by atoms with Crippen LogP contribution in [0.3, 0.4) is 0 Å². The molecule has 1 amide bonds. The first-order chi connectivity index (χ1) is 15.8. The molecule has 1 unspecified atom stereocenters. The van der Waals surface area contributed by atoms with E-state index in [1.165, 1.54) is 21.3 Å². The van der Waals surface area contributed by atoms with Crippen LogP contribution in [0.25, 0.3) is 0 Å². The number of hydrogen-bond donors (Lipinski definition) is 1. The number of benzene rings is 2. The van der Waals surface area contributed by atoms with Crippen LogP contribution in [0.1, 0.15) is 42.9 Å². The van der Waals surface area contributed by atoms with Gasteiger partial charge in [-0.15, -0.1) is 0 Å². The summed E-state index contributed by atoms with van der Waals surface area (Å²) in [5, 5.41) is 2.85. The van der Waals surface area contributed by atoms with E-state index < -0.39 is 11.7 Å². The zero-order valence-corrected chi connectivity index (χ0v) is 19.0. The minimum Gasteiger partial charge on any atom is -0.493 e. The van der Waals surface area contributed by atoms with Crippen molar-refractivity contribution in [2.24, 2.45) is 0 Å². The molecular weight excluding hydrogens is 437 g/mol. The molecule has 6 nitrogen and oxygen atoms in total. The smallest absolute Gasteiger partial charge is 0.416 e. The van der Waals surface area contributed by atoms with Crippen molar-refractivity contribution >= 4 is 11.6 Å². The molecule has 3 rings (SSSR count). The summed E-state index contributed by atoms with van der Waals surface area (Å²) in [6.07, 6.45) is -1.27. The lowest BCUT2D eigenvalue weighted by Gasteiger charge is -2.36. The Morgan fingerprint density at radius 3 is 2.21 bits per heavy atom. The summed E-state index contributed by atoms with van der Waals surface area (Å²) < 4.78 is 54.6. The summed E-state index contributed by atoms with van der Waals surface area (Å²) in [6, 6.07) is 8.65. The van der Waals surface area contributed by atoms with Gasteiger partial charge in [-0.25, -0.2) is 0 Å². The Labute approximate surface area is 191 Å². The molecular formula is C24H29F3N2O4. The summed E-state index contributed by atoms with van der Waals surface area (Å²) >= 11 is 0. The standard InChI is InChI=1S/C24H29F3N2O4/c1-31-20-14-18(15-21(32-2)23(20)33-3)28-22(30)11-13-29-12-5-4-6-19(29)16-7-9-17(10-8-16)24(25,26)27/h7-10,14-15,19H,4-6,11-13H2,1-3H3,(H,28,30). The van der Waals surface area contributed by atoms with Crippen LogP contribution in [0, 0.1) is 0 Å². The van der Waals surface area contributed by atoms with Gasteiger partial charge in [0.05, 0.1) is 26.9 Å². The molecule has 180 valence electrons. The minimum absolute atomic E-state index is 0.00462. The molecule has 1 saturated heterocycles. The van der Waals surface area contributed by atoms with Crippen molar-refractivity contribution < 1.29 is 32.2 Å². The van der Waals surface area contributed by atoms with Crippen LogP contribution in [0.4, 0.5) is 18.9 Å². The van der Waals surface area contributed by atoms with Crippen molar-refractivity contribution in [1.82, 2.24) is 4.90 Å². The highest BCUT2D eigenvalue weighted by Crippen LogP contribution is 2.40. The predicted molar refractivity (Wildman–Crippen MR) is 119 cm³/mol. The second-order valence-electron chi connectivity index (χ2n) is 7.88. The van der Waals surface area contributed by atoms with Crippen LogP contribution < -0.4 is 19.5 Å². The van der Waals surface area contributed by atoms with Crippen molar-refractivity contribution in [2.75, 3.05) is 39.7 Å². The van der Waals surface area contributed by atoms with Crippen molar-refractivity contribution in [3.63, 3.8) is 0 Å². The lowest BCUT2D eigenvalue weighted by atomic mass is 9.94. The highest BCUT2D eigenvalue weighted by molar-refractivity contribution is 5.91. The van der Waals surface area contributed by atoms with Crippen molar-refractivity contribution in [2.45, 2.75) is 37.9 Å². The largest absolute Gasteiger partial charge is 0.493 e. The van der Waals surface area contributed by atoms with Gasteiger partial charge in [0.2, 0.25) is 11.7 Å². The number of amides is 1. The van der Waals surface area contributed by atoms with Crippen molar-refractivity contribution in [3.8, 4) is 17.2 Å². The number of piperidine rings is 1. The van der Waals surface area contributed by atoms with E-state index in [0.717, 1.165) is 43.5 Å². The molecule has 9 heteroatoms. The van der Waals surface area contributed by atoms with Gasteiger partial charge in [-0.2, -0.15) is 13.2 Å². The first kappa shape index (κ1) is 24.7. The second-order valence-corrected chi connectivity index (χ2v) is 7.88. The average molecular weight is 467 g/mol. The summed E-state index contributed by atoms with van der Waals surface area (Å²) in [4.78, 5) is 14.8. The number of halogens is 3. The molecule has 2 aromatic carbocycles. The Morgan fingerprint density at radius 2 is 1.67 bits per heavy atom. The molecule has 1 N–H and O–H groups in total. The number of carbonyl (C=O) groups is 1. The first-order valence-corrected chi connectivity index (χ1v) is 10.8. The average Bonchev–Trinajstić information content (AvgIpc) is 2.81. The lowest BCUT2D eigenvalue weighted by Crippen LogP contribution is -2.35. The Kier molecular flexibility index (Phi) is 8.07. The highest BCUT2D eigenvalue weighted by Gasteiger charge is 2.31. The summed E-state index contributed by atoms with van der Waals surface area (Å²) in [7, 11) is 4.51. The van der Waals surface area contributed by atoms with Crippen molar-refractivity contribution in [1.29, 1.82) is 0 Å². The molecule has 1 fully saturated rings. The molecule has 0 aliphatic carbocycles. The maximum absolute atomic E-state index is 12.9. The van der Waals surface area contributed by atoms with E-state index in [9.17, 15) is 18.0 Å². The highest BCUT2D eigenvalue weighted by atomic mass is 19.4. The molecule has 0 bridgehead atoms. The summed E-state index contributed by atoms with van der Waals surface area (Å²) in [5.41, 5.74) is 0.707. The number of anilines is 1. The Bertz CT molecular complexity index is 923. The van der Waals surface area contributed by atoms with Gasteiger partial charge >= 0.3 is 6.18 Å². The van der Waals surface area contributed by atoms with E-state index in [1.54, 1.807) is 24.3 Å². The molecule has 1 heterocycles. The van der Waals surface area contributed by atoms with Crippen molar-refractivity contribution in [3.05, 3.63) is 47.5 Å². The Balaban J connectivity index is 1.65. The first-order valence-electron chi connectivity index (χ1n) is 10.8. The van der Waals surface area contributed by atoms with Crippen LogP contribution in [0.2, 0.25) is 0 Å². The molecule has 0 spiro atoms. The summed E-state index contributed by atoms with van der Waals surface area (Å²) in [5.74, 6) is 1.13. The third-order valence-corrected chi connectivity index (χ3v) is 5.81. The van der Waals surface area contributed by atoms with Gasteiger partial charge in [0.15, 0.2) is 11.5 Å². The van der Waals surface area contributed by atoms with Gasteiger partial charge in [-0.05, 0) is 37.1 Å². The zero-order chi connectivity index (χ0) is 24.0. The van der Waals surface area contributed by atoms with Crippen LogP contribution in [0.5, 0.6) is 17.2 Å². The minimum atomic E-state index is -4.35. The zero-order valence-electron chi connectivity index (χ0n) is 19.0. The van der Waals surface area contributed by atoms with E-state index in [2.05, 4.69) is 10.2 Å². The van der Waals surface area contributed by atoms with E-state index in [1.807, 2.05) is 0 Å². The topological polar surface area (TPSA) is 60.0 Å². The number of alkyl halides is 3. The normalized spacial score (nSPS) is 16.8. The van der Waals surface area contributed by atoms with E-state index in [0.29, 0.717) is 29.5 Å². The van der Waals surface area contributed by atoms with Crippen LogP contribution in [0.15, 0.2) is 36.4 Å². The number of carbonyl (C=O) groups excluding carboxylic acids is 1. The van der Waals surface area contributed by atoms with E-state index >= 15 is 0 Å². The number of nitrogens with one attached hydrogen (secondary N) is 1. The second kappa shape index (κ2) is 10.8. The van der Waals surface area contributed by atoms with E-state index in [4.69, 9.17) is 14.2 Å². The molecule has 2 aromatic rings. The monoisotopic (exact) mass is 466 g/mol. The van der Waals surface area contributed by atoms with Gasteiger partial charge in [-0.1, -0.05) is 18.6 Å². The van der Waals surface area contributed by atoms with Gasteiger partial charge in [0, 0.05) is 36.8 Å². The van der Waals surface area contributed by atoms with Crippen LogP contribution in [-0.2, 0) is 11.0 Å². The molecule has 0 radical (unpaired) electrons. The Hall–Kier alpha value is -2.94. The van der Waals surface area contributed by atoms with Gasteiger partial charge in [0.1, 0.15) is 0 Å². The van der Waals surface area contributed by atoms with E-state index in [-0.39, 0.29) is 18.4 Å². The maximum atomic E-state index is 12.9. The SMILES string of the molecule is COc1cc(NC(=O)CCN2CCCCC2c2ccc(C(F)(F)F)cc2)cc(OC)c1OC. The van der Waals surface area contributed by atoms with Gasteiger partial charge < -0.3 is 19.5 Å². The Morgan fingerprint density at radius 1 is 1.03 bits per heavy atom. The molecule has 1 aliphatic heterocycles. The lowest BCUT2D eigenvalue weighted by molar-refractivity contribution is -0.137. The third-order valence-electron chi connectivity index (χ3n) is 5.81. The molecule has 33 heavy (non-hydrogen) atoms. The fourth-order valence-corrected chi connectivity index (χ4v) is 4.15. The number of nitrogens with zero attached hydrogens (tertiary/aromatic N) is 1. The maximum Gasteiger partial charge on any atom is 0.416 e. The van der Waals surface area contributed by atoms with Gasteiger partial charge in [-0.3, -0.25) is 9.69 Å². The third kappa shape index (κ3) is 6.10. The number of rotatable bonds is 8. The molecule has 0 saturated carbocycles. The molecule has 1 atom stereocenters. The fourth-order valence-electron chi connectivity index (χ4n) is 4.15. The van der Waals surface area contributed by atoms with Gasteiger partial charge in [0.25, 0.3) is 0 Å². The quantitative estimate of drug-likeness (QED) is 0.573. The number of methoxy groups -OCH3 is 3. The number of ether oxygens (including phenoxy) is 3.